The summed E-state index contributed by atoms with van der Waals surface area (Å²) in [5, 5.41) is 3.95. The standard InChI is InChI=1S/C36H42N6O6S/c1-25(26-10-6-5-7-11-26)40-18-20-41(21-19-40)31-13-8-12-29-34(31)36(44)42(35(29)43)30(27-15-16-32(47-3)33(22-27)48-4)14-9-17-38-49(45,46)28-23-37-39(2)24-28/h5-8,10-13,15-16,22-25,30,38H,9,14,17-21H2,1-4H3/t25?,30-/m1/s1. The summed E-state index contributed by atoms with van der Waals surface area (Å²) in [5.74, 6) is 0.224. The number of aromatic nitrogens is 2. The van der Waals surface area contributed by atoms with Crippen LogP contribution < -0.4 is 19.1 Å². The highest BCUT2D eigenvalue weighted by Gasteiger charge is 2.43. The van der Waals surface area contributed by atoms with Crippen LogP contribution in [0.25, 0.3) is 0 Å². The van der Waals surface area contributed by atoms with Gasteiger partial charge in [0.05, 0.1) is 43.3 Å². The molecule has 2 aliphatic rings. The molecule has 6 rings (SSSR count). The van der Waals surface area contributed by atoms with Gasteiger partial charge in [0, 0.05) is 52.0 Å². The SMILES string of the molecule is COc1ccc([C@@H](CCCNS(=O)(=O)c2cnn(C)c2)N2C(=O)c3cccc(N4CCN(C(C)c5ccccc5)CC4)c3C2=O)cc1OC. The molecule has 1 saturated heterocycles. The first-order chi connectivity index (χ1) is 23.6. The van der Waals surface area contributed by atoms with E-state index in [2.05, 4.69) is 50.8 Å². The van der Waals surface area contributed by atoms with Crippen LogP contribution in [0.2, 0.25) is 0 Å². The molecule has 258 valence electrons. The summed E-state index contributed by atoms with van der Waals surface area (Å²) in [6.07, 6.45) is 3.37. The van der Waals surface area contributed by atoms with Crippen molar-refractivity contribution < 1.29 is 27.5 Å². The van der Waals surface area contributed by atoms with E-state index >= 15 is 0 Å². The minimum absolute atomic E-state index is 0.0645. The molecule has 12 nitrogen and oxygen atoms in total. The Labute approximate surface area is 287 Å². The molecule has 4 aromatic rings. The second-order valence-electron chi connectivity index (χ2n) is 12.3. The lowest BCUT2D eigenvalue weighted by Gasteiger charge is -2.39. The molecule has 3 aromatic carbocycles. The van der Waals surface area contributed by atoms with Gasteiger partial charge in [0.2, 0.25) is 10.0 Å². The Bertz CT molecular complexity index is 1920. The fourth-order valence-corrected chi connectivity index (χ4v) is 7.81. The van der Waals surface area contributed by atoms with Crippen molar-refractivity contribution in [3.05, 3.63) is 101 Å². The zero-order valence-electron chi connectivity index (χ0n) is 28.2. The number of fused-ring (bicyclic) bond motifs is 1. The van der Waals surface area contributed by atoms with E-state index in [1.54, 1.807) is 25.2 Å². The highest BCUT2D eigenvalue weighted by molar-refractivity contribution is 7.89. The molecule has 2 atom stereocenters. The average molecular weight is 687 g/mol. The summed E-state index contributed by atoms with van der Waals surface area (Å²) in [7, 11) is 0.935. The summed E-state index contributed by atoms with van der Waals surface area (Å²) in [4.78, 5) is 34.5. The second kappa shape index (κ2) is 14.4. The van der Waals surface area contributed by atoms with Crippen LogP contribution in [0, 0.1) is 0 Å². The van der Waals surface area contributed by atoms with Gasteiger partial charge >= 0.3 is 0 Å². The first kappa shape index (κ1) is 34.2. The lowest BCUT2D eigenvalue weighted by molar-refractivity contribution is 0.0572. The summed E-state index contributed by atoms with van der Waals surface area (Å²) < 4.78 is 40.7. The Morgan fingerprint density at radius 2 is 1.61 bits per heavy atom. The maximum absolute atomic E-state index is 14.4. The van der Waals surface area contributed by atoms with Crippen molar-refractivity contribution in [2.75, 3.05) is 51.8 Å². The van der Waals surface area contributed by atoms with Crippen molar-refractivity contribution in [2.24, 2.45) is 7.05 Å². The summed E-state index contributed by atoms with van der Waals surface area (Å²) in [6.45, 7) is 5.37. The van der Waals surface area contributed by atoms with Crippen LogP contribution in [0.15, 0.2) is 84.0 Å². The van der Waals surface area contributed by atoms with Gasteiger partial charge in [-0.05, 0) is 55.2 Å². The minimum Gasteiger partial charge on any atom is -0.493 e. The number of carbonyl (C=O) groups excluding carboxylic acids is 2. The van der Waals surface area contributed by atoms with E-state index in [9.17, 15) is 18.0 Å². The van der Waals surface area contributed by atoms with Gasteiger partial charge in [-0.15, -0.1) is 0 Å². The van der Waals surface area contributed by atoms with E-state index in [0.717, 1.165) is 18.8 Å². The zero-order chi connectivity index (χ0) is 34.7. The van der Waals surface area contributed by atoms with E-state index in [4.69, 9.17) is 9.47 Å². The monoisotopic (exact) mass is 686 g/mol. The number of imide groups is 1. The topological polar surface area (TPSA) is 126 Å². The van der Waals surface area contributed by atoms with Crippen molar-refractivity contribution in [1.29, 1.82) is 0 Å². The number of aryl methyl sites for hydroxylation is 1. The van der Waals surface area contributed by atoms with Gasteiger partial charge in [-0.25, -0.2) is 13.1 Å². The maximum atomic E-state index is 14.4. The zero-order valence-corrected chi connectivity index (χ0v) is 29.0. The third-order valence-electron chi connectivity index (χ3n) is 9.45. The number of carbonyl (C=O) groups is 2. The number of ether oxygens (including phenoxy) is 2. The predicted octanol–water partition coefficient (Wildman–Crippen LogP) is 4.42. The van der Waals surface area contributed by atoms with Crippen molar-refractivity contribution in [3.63, 3.8) is 0 Å². The first-order valence-corrected chi connectivity index (χ1v) is 17.9. The molecule has 2 aliphatic heterocycles. The molecule has 2 amide bonds. The largest absolute Gasteiger partial charge is 0.493 e. The lowest BCUT2D eigenvalue weighted by atomic mass is 9.99. The second-order valence-corrected chi connectivity index (χ2v) is 14.1. The Balaban J connectivity index is 1.23. The highest BCUT2D eigenvalue weighted by Crippen LogP contribution is 2.40. The number of nitrogens with one attached hydrogen (secondary N) is 1. The van der Waals surface area contributed by atoms with Gasteiger partial charge in [0.15, 0.2) is 11.5 Å². The lowest BCUT2D eigenvalue weighted by Crippen LogP contribution is -2.47. The Hall–Kier alpha value is -4.72. The van der Waals surface area contributed by atoms with Crippen LogP contribution in [0.1, 0.15) is 63.7 Å². The molecule has 0 spiro atoms. The summed E-state index contributed by atoms with van der Waals surface area (Å²) in [6, 6.07) is 20.8. The molecular formula is C36H42N6O6S. The highest BCUT2D eigenvalue weighted by atomic mass is 32.2. The number of anilines is 1. The summed E-state index contributed by atoms with van der Waals surface area (Å²) in [5.41, 5.74) is 3.46. The van der Waals surface area contributed by atoms with Gasteiger partial charge in [0.25, 0.3) is 11.8 Å². The molecule has 13 heteroatoms. The van der Waals surface area contributed by atoms with E-state index in [0.29, 0.717) is 54.1 Å². The smallest absolute Gasteiger partial charge is 0.264 e. The molecule has 1 unspecified atom stereocenters. The van der Waals surface area contributed by atoms with Gasteiger partial charge < -0.3 is 14.4 Å². The molecule has 0 saturated carbocycles. The number of benzene rings is 3. The van der Waals surface area contributed by atoms with Gasteiger partial charge in [-0.3, -0.25) is 24.1 Å². The first-order valence-electron chi connectivity index (χ1n) is 16.4. The maximum Gasteiger partial charge on any atom is 0.264 e. The van der Waals surface area contributed by atoms with Crippen LogP contribution in [-0.2, 0) is 17.1 Å². The molecule has 0 bridgehead atoms. The van der Waals surface area contributed by atoms with Crippen LogP contribution >= 0.6 is 0 Å². The number of hydrogen-bond acceptors (Lipinski definition) is 9. The molecule has 1 fully saturated rings. The third-order valence-corrected chi connectivity index (χ3v) is 10.9. The predicted molar refractivity (Wildman–Crippen MR) is 186 cm³/mol. The van der Waals surface area contributed by atoms with Crippen molar-refractivity contribution in [3.8, 4) is 11.5 Å². The molecule has 0 radical (unpaired) electrons. The number of rotatable bonds is 13. The molecule has 0 aliphatic carbocycles. The van der Waals surface area contributed by atoms with Crippen LogP contribution in [-0.4, -0.2) is 86.8 Å². The van der Waals surface area contributed by atoms with Crippen molar-refractivity contribution >= 4 is 27.5 Å². The number of nitrogens with zero attached hydrogens (tertiary/aromatic N) is 5. The molecule has 49 heavy (non-hydrogen) atoms. The Morgan fingerprint density at radius 3 is 2.29 bits per heavy atom. The van der Waals surface area contributed by atoms with E-state index in [1.165, 1.54) is 41.8 Å². The van der Waals surface area contributed by atoms with E-state index in [1.807, 2.05) is 24.3 Å². The van der Waals surface area contributed by atoms with E-state index in [-0.39, 0.29) is 29.3 Å². The average Bonchev–Trinajstić information content (AvgIpc) is 3.69. The number of methoxy groups -OCH3 is 2. The fraction of sp³-hybridized carbons (Fsp3) is 0.361. The van der Waals surface area contributed by atoms with Crippen molar-refractivity contribution in [1.82, 2.24) is 24.3 Å². The number of hydrogen-bond donors (Lipinski definition) is 1. The van der Waals surface area contributed by atoms with Crippen LogP contribution in [0.5, 0.6) is 11.5 Å². The normalized spacial score (nSPS) is 16.5. The molecular weight excluding hydrogens is 644 g/mol. The van der Waals surface area contributed by atoms with Gasteiger partial charge in [0.1, 0.15) is 4.90 Å². The molecule has 1 aromatic heterocycles. The Kier molecular flexibility index (Phi) is 10.0. The van der Waals surface area contributed by atoms with Crippen LogP contribution in [0.3, 0.4) is 0 Å². The summed E-state index contributed by atoms with van der Waals surface area (Å²) >= 11 is 0. The number of piperazine rings is 1. The molecule has 1 N–H and O–H groups in total. The minimum atomic E-state index is -3.78. The van der Waals surface area contributed by atoms with E-state index < -0.39 is 16.1 Å². The van der Waals surface area contributed by atoms with Gasteiger partial charge in [-0.1, -0.05) is 42.5 Å². The van der Waals surface area contributed by atoms with Gasteiger partial charge in [-0.2, -0.15) is 5.10 Å². The quantitative estimate of drug-likeness (QED) is 0.161. The number of sulfonamides is 1. The Morgan fingerprint density at radius 1 is 0.878 bits per heavy atom. The third kappa shape index (κ3) is 6.91. The molecule has 3 heterocycles. The fourth-order valence-electron chi connectivity index (χ4n) is 6.75. The van der Waals surface area contributed by atoms with Crippen LogP contribution in [0.4, 0.5) is 5.69 Å². The number of amides is 2. The van der Waals surface area contributed by atoms with Crippen molar-refractivity contribution in [2.45, 2.75) is 36.7 Å².